The molecule has 0 unspecified atom stereocenters. The molecule has 0 bridgehead atoms. The molecular formula is C16H20N6OS. The van der Waals surface area contributed by atoms with Gasteiger partial charge in [-0.1, -0.05) is 0 Å². The Bertz CT molecular complexity index is 698. The number of carbonyl (C=O) groups is 1. The monoisotopic (exact) mass is 344 g/mol. The topological polar surface area (TPSA) is 74.2 Å². The van der Waals surface area contributed by atoms with Crippen molar-refractivity contribution >= 4 is 17.4 Å². The van der Waals surface area contributed by atoms with Crippen LogP contribution in [0.4, 0.5) is 4.79 Å². The molecule has 2 fully saturated rings. The van der Waals surface area contributed by atoms with Gasteiger partial charge in [0, 0.05) is 56.5 Å². The fourth-order valence-electron chi connectivity index (χ4n) is 3.34. The van der Waals surface area contributed by atoms with E-state index in [4.69, 9.17) is 0 Å². The Labute approximate surface area is 144 Å². The third-order valence-electron chi connectivity index (χ3n) is 4.58. The first-order valence-electron chi connectivity index (χ1n) is 8.28. The smallest absolute Gasteiger partial charge is 0.317 e. The number of nitrogens with zero attached hydrogens (tertiary/aromatic N) is 5. The quantitative estimate of drug-likeness (QED) is 0.912. The normalized spacial score (nSPS) is 19.7. The summed E-state index contributed by atoms with van der Waals surface area (Å²) in [6, 6.07) is 2.29. The first-order chi connectivity index (χ1) is 11.8. The van der Waals surface area contributed by atoms with Crippen LogP contribution in [0, 0.1) is 0 Å². The van der Waals surface area contributed by atoms with Crippen LogP contribution in [0.15, 0.2) is 23.8 Å². The summed E-state index contributed by atoms with van der Waals surface area (Å²) in [4.78, 5) is 29.3. The van der Waals surface area contributed by atoms with E-state index in [2.05, 4.69) is 30.5 Å². The molecule has 0 spiro atoms. The SMILES string of the molecule is O=C1NCCN1C1CCN(Cc2csc(-c3ncccn3)n2)CC1. The summed E-state index contributed by atoms with van der Waals surface area (Å²) in [6.07, 6.45) is 5.55. The highest BCUT2D eigenvalue weighted by atomic mass is 32.1. The van der Waals surface area contributed by atoms with E-state index in [9.17, 15) is 4.79 Å². The van der Waals surface area contributed by atoms with Crippen molar-refractivity contribution in [3.05, 3.63) is 29.5 Å². The highest BCUT2D eigenvalue weighted by Crippen LogP contribution is 2.23. The van der Waals surface area contributed by atoms with Crippen LogP contribution >= 0.6 is 11.3 Å². The molecular weight excluding hydrogens is 324 g/mol. The van der Waals surface area contributed by atoms with Crippen molar-refractivity contribution in [2.45, 2.75) is 25.4 Å². The lowest BCUT2D eigenvalue weighted by Crippen LogP contribution is -2.45. The lowest BCUT2D eigenvalue weighted by Gasteiger charge is -2.35. The van der Waals surface area contributed by atoms with Crippen molar-refractivity contribution in [3.8, 4) is 10.8 Å². The summed E-state index contributed by atoms with van der Waals surface area (Å²) in [6.45, 7) is 4.48. The molecule has 24 heavy (non-hydrogen) atoms. The Hall–Kier alpha value is -2.06. The molecule has 1 N–H and O–H groups in total. The molecule has 0 aliphatic carbocycles. The lowest BCUT2D eigenvalue weighted by molar-refractivity contribution is 0.131. The van der Waals surface area contributed by atoms with Gasteiger partial charge < -0.3 is 10.2 Å². The maximum absolute atomic E-state index is 11.8. The number of likely N-dealkylation sites (tertiary alicyclic amines) is 1. The van der Waals surface area contributed by atoms with Gasteiger partial charge in [-0.05, 0) is 18.9 Å². The third kappa shape index (κ3) is 3.25. The van der Waals surface area contributed by atoms with E-state index in [1.54, 1.807) is 23.7 Å². The van der Waals surface area contributed by atoms with E-state index in [0.717, 1.165) is 56.3 Å². The molecule has 2 amide bonds. The van der Waals surface area contributed by atoms with E-state index in [1.165, 1.54) is 0 Å². The van der Waals surface area contributed by atoms with Gasteiger partial charge in [0.2, 0.25) is 0 Å². The number of urea groups is 1. The average Bonchev–Trinajstić information content (AvgIpc) is 3.26. The van der Waals surface area contributed by atoms with Crippen LogP contribution in [0.5, 0.6) is 0 Å². The number of nitrogens with one attached hydrogen (secondary N) is 1. The highest BCUT2D eigenvalue weighted by molar-refractivity contribution is 7.13. The molecule has 7 nitrogen and oxygen atoms in total. The number of carbonyl (C=O) groups excluding carboxylic acids is 1. The summed E-state index contributed by atoms with van der Waals surface area (Å²) in [5.74, 6) is 0.688. The molecule has 0 aromatic carbocycles. The minimum atomic E-state index is 0.0976. The Morgan fingerprint density at radius 3 is 2.71 bits per heavy atom. The largest absolute Gasteiger partial charge is 0.336 e. The second-order valence-electron chi connectivity index (χ2n) is 6.15. The van der Waals surface area contributed by atoms with E-state index < -0.39 is 0 Å². The molecule has 4 heterocycles. The summed E-state index contributed by atoms with van der Waals surface area (Å²) in [5.41, 5.74) is 1.07. The van der Waals surface area contributed by atoms with Gasteiger partial charge in [-0.3, -0.25) is 4.90 Å². The Balaban J connectivity index is 1.33. The molecule has 2 saturated heterocycles. The van der Waals surface area contributed by atoms with Gasteiger partial charge in [-0.25, -0.2) is 19.7 Å². The summed E-state index contributed by atoms with van der Waals surface area (Å²) in [5, 5.41) is 5.85. The minimum absolute atomic E-state index is 0.0976. The predicted octanol–water partition coefficient (Wildman–Crippen LogP) is 1.59. The lowest BCUT2D eigenvalue weighted by atomic mass is 10.0. The zero-order valence-electron chi connectivity index (χ0n) is 13.4. The van der Waals surface area contributed by atoms with Crippen LogP contribution in [0.3, 0.4) is 0 Å². The standard InChI is InChI=1S/C16H20N6OS/c23-16-19-6-9-22(16)13-2-7-21(8-3-13)10-12-11-24-15(20-12)14-17-4-1-5-18-14/h1,4-5,11,13H,2-3,6-10H2,(H,19,23). The van der Waals surface area contributed by atoms with Crippen LogP contribution in [-0.2, 0) is 6.54 Å². The van der Waals surface area contributed by atoms with Gasteiger partial charge in [0.25, 0.3) is 0 Å². The number of aromatic nitrogens is 3. The Kier molecular flexibility index (Phi) is 4.40. The molecule has 0 saturated carbocycles. The number of amides is 2. The van der Waals surface area contributed by atoms with E-state index >= 15 is 0 Å². The van der Waals surface area contributed by atoms with E-state index in [0.29, 0.717) is 11.9 Å². The van der Waals surface area contributed by atoms with Gasteiger partial charge in [0.15, 0.2) is 10.8 Å². The predicted molar refractivity (Wildman–Crippen MR) is 91.5 cm³/mol. The van der Waals surface area contributed by atoms with Crippen LogP contribution < -0.4 is 5.32 Å². The first-order valence-corrected chi connectivity index (χ1v) is 9.16. The van der Waals surface area contributed by atoms with E-state index in [1.807, 2.05) is 11.0 Å². The van der Waals surface area contributed by atoms with Gasteiger partial charge in [0.05, 0.1) is 5.69 Å². The second kappa shape index (κ2) is 6.82. The molecule has 0 atom stereocenters. The number of piperidine rings is 1. The second-order valence-corrected chi connectivity index (χ2v) is 7.01. The number of thiazole rings is 1. The van der Waals surface area contributed by atoms with Crippen molar-refractivity contribution in [1.29, 1.82) is 0 Å². The van der Waals surface area contributed by atoms with Crippen LogP contribution in [-0.4, -0.2) is 63.0 Å². The number of hydrogen-bond acceptors (Lipinski definition) is 6. The van der Waals surface area contributed by atoms with Gasteiger partial charge in [0.1, 0.15) is 0 Å². The van der Waals surface area contributed by atoms with Crippen molar-refractivity contribution in [3.63, 3.8) is 0 Å². The number of rotatable bonds is 4. The maximum atomic E-state index is 11.8. The molecule has 126 valence electrons. The Morgan fingerprint density at radius 1 is 1.21 bits per heavy atom. The zero-order chi connectivity index (χ0) is 16.4. The highest BCUT2D eigenvalue weighted by Gasteiger charge is 2.30. The van der Waals surface area contributed by atoms with Crippen molar-refractivity contribution < 1.29 is 4.79 Å². The maximum Gasteiger partial charge on any atom is 0.317 e. The summed E-state index contributed by atoms with van der Waals surface area (Å²) >= 11 is 1.59. The number of hydrogen-bond donors (Lipinski definition) is 1. The Morgan fingerprint density at radius 2 is 2.00 bits per heavy atom. The molecule has 2 aromatic heterocycles. The molecule has 4 rings (SSSR count). The van der Waals surface area contributed by atoms with Gasteiger partial charge >= 0.3 is 6.03 Å². The van der Waals surface area contributed by atoms with Crippen molar-refractivity contribution in [2.24, 2.45) is 0 Å². The average molecular weight is 344 g/mol. The van der Waals surface area contributed by atoms with E-state index in [-0.39, 0.29) is 6.03 Å². The van der Waals surface area contributed by atoms with Gasteiger partial charge in [-0.15, -0.1) is 11.3 Å². The van der Waals surface area contributed by atoms with Crippen molar-refractivity contribution in [2.75, 3.05) is 26.2 Å². The fraction of sp³-hybridized carbons (Fsp3) is 0.500. The molecule has 2 aromatic rings. The summed E-state index contributed by atoms with van der Waals surface area (Å²) in [7, 11) is 0. The molecule has 2 aliphatic heterocycles. The minimum Gasteiger partial charge on any atom is -0.336 e. The van der Waals surface area contributed by atoms with Gasteiger partial charge in [-0.2, -0.15) is 0 Å². The summed E-state index contributed by atoms with van der Waals surface area (Å²) < 4.78 is 0. The van der Waals surface area contributed by atoms with Crippen LogP contribution in [0.1, 0.15) is 18.5 Å². The third-order valence-corrected chi connectivity index (χ3v) is 5.47. The molecule has 2 aliphatic rings. The molecule has 0 radical (unpaired) electrons. The fourth-order valence-corrected chi connectivity index (χ4v) is 4.10. The zero-order valence-corrected chi connectivity index (χ0v) is 14.2. The van der Waals surface area contributed by atoms with Crippen LogP contribution in [0.25, 0.3) is 10.8 Å². The molecule has 8 heteroatoms. The van der Waals surface area contributed by atoms with Crippen molar-refractivity contribution in [1.82, 2.24) is 30.1 Å². The van der Waals surface area contributed by atoms with Crippen LogP contribution in [0.2, 0.25) is 0 Å². The first kappa shape index (κ1) is 15.5.